The normalized spacial score (nSPS) is 11.7. The van der Waals surface area contributed by atoms with Gasteiger partial charge in [0.25, 0.3) is 0 Å². The second kappa shape index (κ2) is 13.2. The highest BCUT2D eigenvalue weighted by atomic mass is 16.3. The van der Waals surface area contributed by atoms with E-state index >= 15 is 0 Å². The van der Waals surface area contributed by atoms with Gasteiger partial charge in [-0.3, -0.25) is 0 Å². The van der Waals surface area contributed by atoms with E-state index in [1.807, 2.05) is 97.1 Å². The zero-order valence-electron chi connectivity index (χ0n) is 31.6. The molecule has 8 aromatic carbocycles. The van der Waals surface area contributed by atoms with Crippen LogP contribution in [0, 0.1) is 0 Å². The molecule has 7 nitrogen and oxygen atoms in total. The zero-order chi connectivity index (χ0) is 38.9. The molecule has 0 aliphatic heterocycles. The van der Waals surface area contributed by atoms with Crippen LogP contribution in [0.4, 0.5) is 0 Å². The third-order valence-electron chi connectivity index (χ3n) is 11.2. The van der Waals surface area contributed by atoms with Crippen LogP contribution in [0.1, 0.15) is 0 Å². The van der Waals surface area contributed by atoms with E-state index in [1.165, 1.54) is 0 Å². The maximum absolute atomic E-state index is 6.68. The summed E-state index contributed by atoms with van der Waals surface area (Å²) in [7, 11) is 0. The smallest absolute Gasteiger partial charge is 0.227 e. The van der Waals surface area contributed by atoms with Crippen LogP contribution in [0.15, 0.2) is 199 Å². The van der Waals surface area contributed by atoms with Crippen LogP contribution in [-0.2, 0) is 0 Å². The van der Waals surface area contributed by atoms with E-state index in [2.05, 4.69) is 106 Å². The number of benzene rings is 8. The predicted octanol–water partition coefficient (Wildman–Crippen LogP) is 12.9. The maximum Gasteiger partial charge on any atom is 0.227 e. The molecular formula is C52H32N6O. The van der Waals surface area contributed by atoms with Gasteiger partial charge in [-0.15, -0.1) is 0 Å². The van der Waals surface area contributed by atoms with Gasteiger partial charge >= 0.3 is 0 Å². The Morgan fingerprint density at radius 3 is 1.47 bits per heavy atom. The molecular weight excluding hydrogens is 725 g/mol. The molecule has 0 aliphatic carbocycles. The molecule has 12 rings (SSSR count). The van der Waals surface area contributed by atoms with Gasteiger partial charge in [0, 0.05) is 49.5 Å². The van der Waals surface area contributed by atoms with Crippen molar-refractivity contribution in [2.75, 3.05) is 0 Å². The number of hydrogen-bond acceptors (Lipinski definition) is 5. The minimum Gasteiger partial charge on any atom is -0.434 e. The first kappa shape index (κ1) is 33.0. The van der Waals surface area contributed by atoms with Crippen molar-refractivity contribution >= 4 is 54.7 Å². The molecule has 0 fully saturated rings. The van der Waals surface area contributed by atoms with Crippen molar-refractivity contribution in [1.29, 1.82) is 0 Å². The number of oxazole rings is 1. The van der Waals surface area contributed by atoms with Crippen molar-refractivity contribution in [3.05, 3.63) is 194 Å². The van der Waals surface area contributed by atoms with Gasteiger partial charge < -0.3 is 13.6 Å². The summed E-state index contributed by atoms with van der Waals surface area (Å²) in [5.74, 6) is 2.44. The Kier molecular flexibility index (Phi) is 7.40. The third kappa shape index (κ3) is 5.29. The van der Waals surface area contributed by atoms with E-state index in [4.69, 9.17) is 24.4 Å². The van der Waals surface area contributed by atoms with Crippen LogP contribution >= 0.6 is 0 Å². The summed E-state index contributed by atoms with van der Waals surface area (Å²) >= 11 is 0. The molecule has 12 aromatic rings. The Hall–Kier alpha value is -8.16. The van der Waals surface area contributed by atoms with Crippen LogP contribution in [0.5, 0.6) is 0 Å². The minimum absolute atomic E-state index is 0.592. The fraction of sp³-hybridized carbons (Fsp3) is 0. The number of nitrogens with zero attached hydrogens (tertiary/aromatic N) is 6. The highest BCUT2D eigenvalue weighted by molar-refractivity contribution is 6.24. The molecule has 0 aliphatic rings. The predicted molar refractivity (Wildman–Crippen MR) is 238 cm³/mol. The summed E-state index contributed by atoms with van der Waals surface area (Å²) in [6.07, 6.45) is 0. The Bertz CT molecular complexity index is 3490. The first-order chi connectivity index (χ1) is 29.3. The topological polar surface area (TPSA) is 74.6 Å². The SMILES string of the molecule is c1ccc(-c2nc(-c3ccccc3)nc(-c3cccc(-n4c5ccccc5c5ccc6c7ccccc7n(-c7cccc8nc(-c9ccccc9)oc78)c6c54)c3)n2)cc1. The largest absolute Gasteiger partial charge is 0.434 e. The molecule has 4 aromatic heterocycles. The lowest BCUT2D eigenvalue weighted by Gasteiger charge is -2.14. The Morgan fingerprint density at radius 1 is 0.356 bits per heavy atom. The Labute approximate surface area is 338 Å². The number of fused-ring (bicyclic) bond motifs is 8. The van der Waals surface area contributed by atoms with Gasteiger partial charge in [0.05, 0.1) is 27.8 Å². The second-order valence-electron chi connectivity index (χ2n) is 14.7. The summed E-state index contributed by atoms with van der Waals surface area (Å²) < 4.78 is 11.4. The molecule has 0 unspecified atom stereocenters. The number of para-hydroxylation sites is 3. The van der Waals surface area contributed by atoms with Gasteiger partial charge in [-0.25, -0.2) is 19.9 Å². The van der Waals surface area contributed by atoms with E-state index in [9.17, 15) is 0 Å². The minimum atomic E-state index is 0.592. The molecule has 0 saturated carbocycles. The lowest BCUT2D eigenvalue weighted by atomic mass is 10.1. The molecule has 0 saturated heterocycles. The van der Waals surface area contributed by atoms with Gasteiger partial charge in [0.2, 0.25) is 5.89 Å². The third-order valence-corrected chi connectivity index (χ3v) is 11.2. The zero-order valence-corrected chi connectivity index (χ0v) is 31.6. The summed E-state index contributed by atoms with van der Waals surface area (Å²) in [5, 5.41) is 4.61. The molecule has 0 atom stereocenters. The van der Waals surface area contributed by atoms with Gasteiger partial charge in [-0.1, -0.05) is 146 Å². The molecule has 0 bridgehead atoms. The van der Waals surface area contributed by atoms with Gasteiger partial charge in [-0.05, 0) is 48.5 Å². The van der Waals surface area contributed by atoms with Crippen LogP contribution in [-0.4, -0.2) is 29.1 Å². The van der Waals surface area contributed by atoms with Crippen molar-refractivity contribution in [2.24, 2.45) is 0 Å². The van der Waals surface area contributed by atoms with Crippen molar-refractivity contribution in [2.45, 2.75) is 0 Å². The highest BCUT2D eigenvalue weighted by Gasteiger charge is 2.24. The van der Waals surface area contributed by atoms with Crippen LogP contribution in [0.2, 0.25) is 0 Å². The van der Waals surface area contributed by atoms with Gasteiger partial charge in [0.1, 0.15) is 5.52 Å². The standard InChI is InChI=1S/C52H32N6O/c1-4-16-33(17-5-1)49-54-50(34-18-6-2-7-19-34)56-51(55-49)36-22-14-23-37(32-36)57-43-27-12-10-24-38(43)40-30-31-41-39-25-11-13-28-44(39)58(47(41)46(40)57)45-29-15-26-42-48(45)59-52(53-42)35-20-8-3-9-21-35/h1-32H. The van der Waals surface area contributed by atoms with Gasteiger partial charge in [-0.2, -0.15) is 0 Å². The van der Waals surface area contributed by atoms with E-state index < -0.39 is 0 Å². The average molecular weight is 757 g/mol. The summed E-state index contributed by atoms with van der Waals surface area (Å²) in [4.78, 5) is 20.1. The van der Waals surface area contributed by atoms with Crippen molar-refractivity contribution in [3.8, 4) is 57.0 Å². The Morgan fingerprint density at radius 2 is 0.847 bits per heavy atom. The van der Waals surface area contributed by atoms with Crippen molar-refractivity contribution < 1.29 is 4.42 Å². The van der Waals surface area contributed by atoms with Gasteiger partial charge in [0.15, 0.2) is 23.1 Å². The van der Waals surface area contributed by atoms with Crippen molar-refractivity contribution in [1.82, 2.24) is 29.1 Å². The van der Waals surface area contributed by atoms with Crippen LogP contribution in [0.25, 0.3) is 112 Å². The molecule has 0 spiro atoms. The first-order valence-corrected chi connectivity index (χ1v) is 19.7. The number of hydrogen-bond donors (Lipinski definition) is 0. The molecule has 4 heterocycles. The molecule has 59 heavy (non-hydrogen) atoms. The molecule has 0 amide bonds. The van der Waals surface area contributed by atoms with E-state index in [0.717, 1.165) is 88.3 Å². The molecule has 0 radical (unpaired) electrons. The van der Waals surface area contributed by atoms with Crippen LogP contribution in [0.3, 0.4) is 0 Å². The maximum atomic E-state index is 6.68. The Balaban J connectivity index is 1.14. The summed E-state index contributed by atoms with van der Waals surface area (Å²) in [6, 6.07) is 66.8. The second-order valence-corrected chi connectivity index (χ2v) is 14.7. The lowest BCUT2D eigenvalue weighted by molar-refractivity contribution is 0.618. The fourth-order valence-electron chi connectivity index (χ4n) is 8.56. The first-order valence-electron chi connectivity index (χ1n) is 19.7. The van der Waals surface area contributed by atoms with Crippen molar-refractivity contribution in [3.63, 3.8) is 0 Å². The monoisotopic (exact) mass is 756 g/mol. The number of rotatable bonds is 6. The quantitative estimate of drug-likeness (QED) is 0.169. The fourth-order valence-corrected chi connectivity index (χ4v) is 8.56. The van der Waals surface area contributed by atoms with E-state index in [1.54, 1.807) is 0 Å². The van der Waals surface area contributed by atoms with E-state index in [0.29, 0.717) is 23.4 Å². The van der Waals surface area contributed by atoms with Crippen LogP contribution < -0.4 is 0 Å². The molecule has 7 heteroatoms. The highest BCUT2D eigenvalue weighted by Crippen LogP contribution is 2.43. The lowest BCUT2D eigenvalue weighted by Crippen LogP contribution is -2.01. The number of aromatic nitrogens is 6. The average Bonchev–Trinajstić information content (AvgIpc) is 4.01. The summed E-state index contributed by atoms with van der Waals surface area (Å²) in [5.41, 5.74) is 11.5. The molecule has 0 N–H and O–H groups in total. The molecule has 276 valence electrons. The summed E-state index contributed by atoms with van der Waals surface area (Å²) in [6.45, 7) is 0. The van der Waals surface area contributed by atoms with E-state index in [-0.39, 0.29) is 0 Å².